The molecule has 2 aromatic heterocycles. The molecule has 1 amide bonds. The standard InChI is InChI=1S/C17H25N7O2S/c1-17(2,3)26-16(25)23-6-4-5-14(10-23)21-24-20-9-15(22-24)27-11-13-7-18-12-19-8-13/h7-9,12,14,21H,4-6,10-11H2,1-3H3/t14-/m1/s1. The van der Waals surface area contributed by atoms with Crippen molar-refractivity contribution < 1.29 is 9.53 Å². The first-order chi connectivity index (χ1) is 12.9. The summed E-state index contributed by atoms with van der Waals surface area (Å²) in [5, 5.41) is 9.50. The Labute approximate surface area is 162 Å². The van der Waals surface area contributed by atoms with Crippen molar-refractivity contribution in [1.82, 2.24) is 30.0 Å². The van der Waals surface area contributed by atoms with E-state index >= 15 is 0 Å². The summed E-state index contributed by atoms with van der Waals surface area (Å²) in [6, 6.07) is 0.0824. The van der Waals surface area contributed by atoms with Gasteiger partial charge in [-0.15, -0.1) is 10.2 Å². The van der Waals surface area contributed by atoms with E-state index in [4.69, 9.17) is 4.74 Å². The topological polar surface area (TPSA) is 98.1 Å². The first kappa shape index (κ1) is 19.4. The van der Waals surface area contributed by atoms with Gasteiger partial charge < -0.3 is 9.64 Å². The zero-order valence-electron chi connectivity index (χ0n) is 15.8. The maximum atomic E-state index is 12.3. The van der Waals surface area contributed by atoms with Gasteiger partial charge in [0.15, 0.2) is 0 Å². The number of rotatable bonds is 5. The predicted octanol–water partition coefficient (Wildman–Crippen LogP) is 2.30. The largest absolute Gasteiger partial charge is 0.444 e. The van der Waals surface area contributed by atoms with E-state index in [0.29, 0.717) is 13.1 Å². The molecule has 146 valence electrons. The van der Waals surface area contributed by atoms with Gasteiger partial charge in [-0.3, -0.25) is 5.43 Å². The molecule has 10 heteroatoms. The van der Waals surface area contributed by atoms with Crippen LogP contribution in [0.3, 0.4) is 0 Å². The summed E-state index contributed by atoms with van der Waals surface area (Å²) >= 11 is 1.57. The molecule has 0 aromatic carbocycles. The van der Waals surface area contributed by atoms with Crippen LogP contribution in [0.2, 0.25) is 0 Å². The van der Waals surface area contributed by atoms with E-state index in [1.54, 1.807) is 35.3 Å². The summed E-state index contributed by atoms with van der Waals surface area (Å²) in [4.78, 5) is 23.5. The second kappa shape index (κ2) is 8.55. The van der Waals surface area contributed by atoms with Crippen LogP contribution in [0.4, 0.5) is 4.79 Å². The normalized spacial score (nSPS) is 17.6. The molecular weight excluding hydrogens is 366 g/mol. The van der Waals surface area contributed by atoms with E-state index < -0.39 is 5.60 Å². The highest BCUT2D eigenvalue weighted by molar-refractivity contribution is 7.98. The molecule has 1 atom stereocenters. The van der Waals surface area contributed by atoms with Crippen molar-refractivity contribution in [3.05, 3.63) is 30.5 Å². The minimum Gasteiger partial charge on any atom is -0.444 e. The molecule has 0 saturated carbocycles. The van der Waals surface area contributed by atoms with Crippen LogP contribution >= 0.6 is 11.8 Å². The second-order valence-corrected chi connectivity index (χ2v) is 8.40. The van der Waals surface area contributed by atoms with Gasteiger partial charge in [0.25, 0.3) is 0 Å². The third-order valence-electron chi connectivity index (χ3n) is 3.84. The van der Waals surface area contributed by atoms with Crippen molar-refractivity contribution in [3.63, 3.8) is 0 Å². The monoisotopic (exact) mass is 391 g/mol. The zero-order valence-corrected chi connectivity index (χ0v) is 16.6. The van der Waals surface area contributed by atoms with Gasteiger partial charge in [-0.1, -0.05) is 16.7 Å². The second-order valence-electron chi connectivity index (χ2n) is 7.40. The molecule has 0 bridgehead atoms. The summed E-state index contributed by atoms with van der Waals surface area (Å²) < 4.78 is 5.46. The van der Waals surface area contributed by atoms with Gasteiger partial charge in [0.2, 0.25) is 0 Å². The lowest BCUT2D eigenvalue weighted by molar-refractivity contribution is 0.0201. The van der Waals surface area contributed by atoms with Gasteiger partial charge in [-0.2, -0.15) is 0 Å². The van der Waals surface area contributed by atoms with Crippen molar-refractivity contribution in [2.24, 2.45) is 0 Å². The Morgan fingerprint density at radius 2 is 2.11 bits per heavy atom. The minimum atomic E-state index is -0.489. The molecule has 1 fully saturated rings. The highest BCUT2D eigenvalue weighted by Gasteiger charge is 2.28. The molecular formula is C17H25N7O2S. The van der Waals surface area contributed by atoms with Crippen LogP contribution in [0.15, 0.2) is 29.9 Å². The SMILES string of the molecule is CC(C)(C)OC(=O)N1CCC[C@@H](Nn2ncc(SCc3cncnc3)n2)C1. The van der Waals surface area contributed by atoms with E-state index in [9.17, 15) is 4.79 Å². The van der Waals surface area contributed by atoms with Crippen molar-refractivity contribution in [3.8, 4) is 0 Å². The van der Waals surface area contributed by atoms with E-state index in [-0.39, 0.29) is 12.1 Å². The van der Waals surface area contributed by atoms with Crippen LogP contribution in [0, 0.1) is 0 Å². The van der Waals surface area contributed by atoms with Gasteiger partial charge in [-0.25, -0.2) is 14.8 Å². The maximum absolute atomic E-state index is 12.3. The van der Waals surface area contributed by atoms with Crippen molar-refractivity contribution in [1.29, 1.82) is 0 Å². The summed E-state index contributed by atoms with van der Waals surface area (Å²) in [6.45, 7) is 6.90. The molecule has 0 spiro atoms. The number of hydrogen-bond acceptors (Lipinski definition) is 8. The number of carbonyl (C=O) groups excluding carboxylic acids is 1. The molecule has 1 aliphatic rings. The lowest BCUT2D eigenvalue weighted by Crippen LogP contribution is -2.48. The van der Waals surface area contributed by atoms with Crippen LogP contribution < -0.4 is 5.43 Å². The predicted molar refractivity (Wildman–Crippen MR) is 102 cm³/mol. The fourth-order valence-corrected chi connectivity index (χ4v) is 3.40. The third kappa shape index (κ3) is 6.09. The first-order valence-electron chi connectivity index (χ1n) is 8.92. The smallest absolute Gasteiger partial charge is 0.410 e. The Morgan fingerprint density at radius 3 is 2.85 bits per heavy atom. The van der Waals surface area contributed by atoms with E-state index in [2.05, 4.69) is 25.6 Å². The number of likely N-dealkylation sites (tertiary alicyclic amines) is 1. The van der Waals surface area contributed by atoms with Crippen molar-refractivity contribution >= 4 is 17.9 Å². The van der Waals surface area contributed by atoms with Gasteiger partial charge in [0.1, 0.15) is 17.0 Å². The quantitative estimate of drug-likeness (QED) is 0.776. The van der Waals surface area contributed by atoms with Crippen LogP contribution in [-0.2, 0) is 10.5 Å². The Hall–Kier alpha value is -2.36. The number of ether oxygens (including phenoxy) is 1. The number of hydrogen-bond donors (Lipinski definition) is 1. The summed E-state index contributed by atoms with van der Waals surface area (Å²) in [5.74, 6) is 0.732. The fourth-order valence-electron chi connectivity index (χ4n) is 2.68. The molecule has 1 N–H and O–H groups in total. The molecule has 3 heterocycles. The molecule has 9 nitrogen and oxygen atoms in total. The maximum Gasteiger partial charge on any atom is 0.410 e. The van der Waals surface area contributed by atoms with E-state index in [1.807, 2.05) is 20.8 Å². The van der Waals surface area contributed by atoms with Crippen molar-refractivity contribution in [2.45, 2.75) is 56.0 Å². The Kier molecular flexibility index (Phi) is 6.15. The number of piperidine rings is 1. The zero-order chi connectivity index (χ0) is 19.3. The molecule has 2 aromatic rings. The molecule has 1 aliphatic heterocycles. The number of carbonyl (C=O) groups is 1. The minimum absolute atomic E-state index is 0.0824. The molecule has 0 unspecified atom stereocenters. The lowest BCUT2D eigenvalue weighted by Gasteiger charge is -2.34. The molecule has 3 rings (SSSR count). The summed E-state index contributed by atoms with van der Waals surface area (Å²) in [5.41, 5.74) is 3.80. The highest BCUT2D eigenvalue weighted by atomic mass is 32.2. The fraction of sp³-hybridized carbons (Fsp3) is 0.588. The number of thioether (sulfide) groups is 1. The Bertz CT molecular complexity index is 747. The number of aromatic nitrogens is 5. The first-order valence-corrected chi connectivity index (χ1v) is 9.91. The number of nitrogens with zero attached hydrogens (tertiary/aromatic N) is 6. The molecule has 0 radical (unpaired) electrons. The van der Waals surface area contributed by atoms with Crippen LogP contribution in [0.25, 0.3) is 0 Å². The average molecular weight is 392 g/mol. The van der Waals surface area contributed by atoms with Gasteiger partial charge in [0.05, 0.1) is 12.2 Å². The third-order valence-corrected chi connectivity index (χ3v) is 4.80. The highest BCUT2D eigenvalue weighted by Crippen LogP contribution is 2.19. The van der Waals surface area contributed by atoms with Gasteiger partial charge >= 0.3 is 6.09 Å². The van der Waals surface area contributed by atoms with Crippen LogP contribution in [-0.4, -0.2) is 60.8 Å². The Morgan fingerprint density at radius 1 is 1.33 bits per heavy atom. The Balaban J connectivity index is 1.50. The van der Waals surface area contributed by atoms with Crippen LogP contribution in [0.1, 0.15) is 39.2 Å². The number of amides is 1. The van der Waals surface area contributed by atoms with E-state index in [0.717, 1.165) is 29.2 Å². The van der Waals surface area contributed by atoms with Crippen molar-refractivity contribution in [2.75, 3.05) is 18.5 Å². The molecule has 0 aliphatic carbocycles. The molecule has 1 saturated heterocycles. The number of nitrogens with one attached hydrogen (secondary N) is 1. The van der Waals surface area contributed by atoms with E-state index in [1.165, 1.54) is 11.2 Å². The van der Waals surface area contributed by atoms with Gasteiger partial charge in [-0.05, 0) is 39.2 Å². The van der Waals surface area contributed by atoms with Gasteiger partial charge in [0, 0.05) is 31.2 Å². The molecule has 27 heavy (non-hydrogen) atoms. The summed E-state index contributed by atoms with van der Waals surface area (Å²) in [7, 11) is 0. The lowest BCUT2D eigenvalue weighted by atomic mass is 10.1. The van der Waals surface area contributed by atoms with Crippen LogP contribution in [0.5, 0.6) is 0 Å². The average Bonchev–Trinajstić information content (AvgIpc) is 3.07. The summed E-state index contributed by atoms with van der Waals surface area (Å²) in [6.07, 6.45) is 8.39.